The number of halogens is 1. The lowest BCUT2D eigenvalue weighted by Gasteiger charge is -2.27. The summed E-state index contributed by atoms with van der Waals surface area (Å²) in [6, 6.07) is 0. The van der Waals surface area contributed by atoms with E-state index in [0.717, 1.165) is 0 Å². The normalized spacial score (nSPS) is 26.7. The van der Waals surface area contributed by atoms with E-state index in [1.165, 1.54) is 19.9 Å². The summed E-state index contributed by atoms with van der Waals surface area (Å²) in [7, 11) is 0. The van der Waals surface area contributed by atoms with Crippen molar-refractivity contribution in [2.24, 2.45) is 0 Å². The number of carbonyl (C=O) groups is 2. The van der Waals surface area contributed by atoms with Crippen LogP contribution >= 0.6 is 11.6 Å². The summed E-state index contributed by atoms with van der Waals surface area (Å²) in [5.74, 6) is -0.742. The first-order valence-corrected chi connectivity index (χ1v) is 4.54. The van der Waals surface area contributed by atoms with Gasteiger partial charge in [-0.1, -0.05) is 11.6 Å². The number of Topliss-reactive ketones (excluding diaryl/α,β-unsaturated/α-hetero) is 1. The van der Waals surface area contributed by atoms with Crippen molar-refractivity contribution < 1.29 is 14.3 Å². The number of hydrogen-bond donors (Lipinski definition) is 0. The third kappa shape index (κ3) is 2.04. The minimum Gasteiger partial charge on any atom is -0.447 e. The molecule has 0 saturated carbocycles. The largest absolute Gasteiger partial charge is 0.447 e. The highest BCUT2D eigenvalue weighted by molar-refractivity contribution is 6.32. The Morgan fingerprint density at radius 1 is 1.57 bits per heavy atom. The summed E-state index contributed by atoms with van der Waals surface area (Å²) in [6.07, 6.45) is 2.99. The zero-order valence-corrected chi connectivity index (χ0v) is 9.01. The lowest BCUT2D eigenvalue weighted by molar-refractivity contribution is -0.157. The lowest BCUT2D eigenvalue weighted by Crippen LogP contribution is -2.40. The molecule has 0 aliphatic heterocycles. The molecular formula is C10H11ClO3. The van der Waals surface area contributed by atoms with E-state index in [-0.39, 0.29) is 5.78 Å². The molecule has 0 aromatic heterocycles. The fraction of sp³-hybridized carbons (Fsp3) is 0.400. The van der Waals surface area contributed by atoms with Crippen molar-refractivity contribution in [3.05, 3.63) is 22.8 Å². The number of ketones is 1. The summed E-state index contributed by atoms with van der Waals surface area (Å²) in [5.41, 5.74) is -0.761. The molecule has 4 heteroatoms. The van der Waals surface area contributed by atoms with Gasteiger partial charge in [-0.15, -0.1) is 0 Å². The highest BCUT2D eigenvalue weighted by Crippen LogP contribution is 2.27. The molecule has 0 N–H and O–H groups in total. The van der Waals surface area contributed by atoms with Crippen molar-refractivity contribution in [1.82, 2.24) is 0 Å². The molecule has 0 amide bonds. The third-order valence-corrected chi connectivity index (χ3v) is 2.15. The smallest absolute Gasteiger partial charge is 0.303 e. The minimum atomic E-state index is -1.25. The van der Waals surface area contributed by atoms with Crippen LogP contribution in [0, 0.1) is 0 Å². The first kappa shape index (κ1) is 11.0. The number of esters is 1. The predicted octanol–water partition coefficient (Wildman–Crippen LogP) is 1.96. The summed E-state index contributed by atoms with van der Waals surface area (Å²) in [5, 5.41) is 0.408. The third-order valence-electron chi connectivity index (χ3n) is 1.93. The maximum absolute atomic E-state index is 11.7. The van der Waals surface area contributed by atoms with Crippen LogP contribution in [0.15, 0.2) is 22.8 Å². The Morgan fingerprint density at radius 3 is 2.64 bits per heavy atom. The van der Waals surface area contributed by atoms with Gasteiger partial charge in [0, 0.05) is 12.0 Å². The summed E-state index contributed by atoms with van der Waals surface area (Å²) in [6.45, 7) is 4.42. The quantitative estimate of drug-likeness (QED) is 0.627. The second kappa shape index (κ2) is 3.58. The highest BCUT2D eigenvalue weighted by Gasteiger charge is 2.37. The molecule has 1 aliphatic carbocycles. The second-order valence-corrected chi connectivity index (χ2v) is 3.82. The van der Waals surface area contributed by atoms with Crippen LogP contribution in [0.3, 0.4) is 0 Å². The summed E-state index contributed by atoms with van der Waals surface area (Å²) >= 11 is 5.79. The maximum Gasteiger partial charge on any atom is 0.303 e. The standard InChI is InChI=1S/C10H11ClO3/c1-6-4-8(11)5-10(3,9(6)13)14-7(2)12/h4-5H,1-3H3. The second-order valence-electron chi connectivity index (χ2n) is 3.39. The molecule has 0 saturated heterocycles. The molecule has 0 spiro atoms. The van der Waals surface area contributed by atoms with E-state index >= 15 is 0 Å². The summed E-state index contributed by atoms with van der Waals surface area (Å²) in [4.78, 5) is 22.5. The van der Waals surface area contributed by atoms with Crippen LogP contribution in [0.25, 0.3) is 0 Å². The molecule has 76 valence electrons. The molecule has 1 rings (SSSR count). The Morgan fingerprint density at radius 2 is 2.14 bits per heavy atom. The van der Waals surface area contributed by atoms with Gasteiger partial charge in [0.05, 0.1) is 0 Å². The van der Waals surface area contributed by atoms with Gasteiger partial charge in [0.2, 0.25) is 5.78 Å². The zero-order chi connectivity index (χ0) is 10.9. The molecule has 0 bridgehead atoms. The Hall–Kier alpha value is -1.09. The van der Waals surface area contributed by atoms with Crippen LogP contribution < -0.4 is 0 Å². The monoisotopic (exact) mass is 214 g/mol. The average Bonchev–Trinajstić information content (AvgIpc) is 1.98. The van der Waals surface area contributed by atoms with Crippen LogP contribution in [0.4, 0.5) is 0 Å². The van der Waals surface area contributed by atoms with Crippen LogP contribution in [-0.2, 0) is 14.3 Å². The van der Waals surface area contributed by atoms with Crippen molar-refractivity contribution in [1.29, 1.82) is 0 Å². The molecule has 0 radical (unpaired) electrons. The molecule has 0 heterocycles. The van der Waals surface area contributed by atoms with Crippen LogP contribution in [-0.4, -0.2) is 17.4 Å². The lowest BCUT2D eigenvalue weighted by atomic mass is 9.90. The molecule has 3 nitrogen and oxygen atoms in total. The van der Waals surface area contributed by atoms with Gasteiger partial charge >= 0.3 is 5.97 Å². The topological polar surface area (TPSA) is 43.4 Å². The predicted molar refractivity (Wildman–Crippen MR) is 52.9 cm³/mol. The SMILES string of the molecule is CC(=O)OC1(C)C=C(Cl)C=C(C)C1=O. The Kier molecular flexibility index (Phi) is 2.81. The van der Waals surface area contributed by atoms with E-state index < -0.39 is 11.6 Å². The van der Waals surface area contributed by atoms with Gasteiger partial charge in [-0.2, -0.15) is 0 Å². The first-order chi connectivity index (χ1) is 6.35. The van der Waals surface area contributed by atoms with Crippen molar-refractivity contribution in [2.75, 3.05) is 0 Å². The Balaban J connectivity index is 3.06. The molecular weight excluding hydrogens is 204 g/mol. The fourth-order valence-corrected chi connectivity index (χ4v) is 1.78. The van der Waals surface area contributed by atoms with E-state index in [0.29, 0.717) is 10.6 Å². The van der Waals surface area contributed by atoms with Gasteiger partial charge in [-0.05, 0) is 31.6 Å². The van der Waals surface area contributed by atoms with Gasteiger partial charge in [0.15, 0.2) is 5.60 Å². The van der Waals surface area contributed by atoms with E-state index in [1.54, 1.807) is 13.0 Å². The van der Waals surface area contributed by atoms with Crippen LogP contribution in [0.1, 0.15) is 20.8 Å². The average molecular weight is 215 g/mol. The van der Waals surface area contributed by atoms with Crippen molar-refractivity contribution in [3.8, 4) is 0 Å². The van der Waals surface area contributed by atoms with Crippen LogP contribution in [0.5, 0.6) is 0 Å². The first-order valence-electron chi connectivity index (χ1n) is 4.16. The molecule has 14 heavy (non-hydrogen) atoms. The molecule has 1 aliphatic rings. The van der Waals surface area contributed by atoms with Crippen molar-refractivity contribution in [3.63, 3.8) is 0 Å². The van der Waals surface area contributed by atoms with E-state index in [9.17, 15) is 9.59 Å². The van der Waals surface area contributed by atoms with E-state index in [2.05, 4.69) is 0 Å². The number of carbonyl (C=O) groups excluding carboxylic acids is 2. The van der Waals surface area contributed by atoms with E-state index in [4.69, 9.17) is 16.3 Å². The van der Waals surface area contributed by atoms with Gasteiger partial charge in [-0.3, -0.25) is 9.59 Å². The van der Waals surface area contributed by atoms with Crippen LogP contribution in [0.2, 0.25) is 0 Å². The number of ether oxygens (including phenoxy) is 1. The van der Waals surface area contributed by atoms with Crippen molar-refractivity contribution in [2.45, 2.75) is 26.4 Å². The molecule has 1 atom stereocenters. The molecule has 0 aromatic rings. The molecule has 1 unspecified atom stereocenters. The van der Waals surface area contributed by atoms with Crippen molar-refractivity contribution >= 4 is 23.4 Å². The van der Waals surface area contributed by atoms with E-state index in [1.807, 2.05) is 0 Å². The molecule has 0 aromatic carbocycles. The fourth-order valence-electron chi connectivity index (χ4n) is 1.41. The van der Waals surface area contributed by atoms with Gasteiger partial charge in [0.1, 0.15) is 0 Å². The van der Waals surface area contributed by atoms with Gasteiger partial charge in [-0.25, -0.2) is 0 Å². The maximum atomic E-state index is 11.7. The molecule has 0 fully saturated rings. The highest BCUT2D eigenvalue weighted by atomic mass is 35.5. The minimum absolute atomic E-state index is 0.239. The summed E-state index contributed by atoms with van der Waals surface area (Å²) < 4.78 is 4.94. The Bertz CT molecular complexity index is 354. The van der Waals surface area contributed by atoms with Gasteiger partial charge in [0.25, 0.3) is 0 Å². The number of rotatable bonds is 1. The van der Waals surface area contributed by atoms with Gasteiger partial charge < -0.3 is 4.74 Å². The number of hydrogen-bond acceptors (Lipinski definition) is 3. The Labute approximate surface area is 87.4 Å². The zero-order valence-electron chi connectivity index (χ0n) is 8.26. The number of allylic oxidation sites excluding steroid dienone is 2.